The summed E-state index contributed by atoms with van der Waals surface area (Å²) in [5, 5.41) is 0. The minimum atomic E-state index is -0.463. The summed E-state index contributed by atoms with van der Waals surface area (Å²) in [7, 11) is 0. The molecule has 0 saturated carbocycles. The van der Waals surface area contributed by atoms with Gasteiger partial charge in [0, 0.05) is 0 Å². The van der Waals surface area contributed by atoms with Crippen molar-refractivity contribution in [2.75, 3.05) is 13.2 Å². The van der Waals surface area contributed by atoms with Crippen molar-refractivity contribution < 1.29 is 19.3 Å². The van der Waals surface area contributed by atoms with E-state index in [1.165, 1.54) is 12.8 Å². The van der Waals surface area contributed by atoms with Crippen molar-refractivity contribution in [1.29, 1.82) is 0 Å². The average Bonchev–Trinajstić information content (AvgIpc) is 2.58. The van der Waals surface area contributed by atoms with Crippen LogP contribution in [0.15, 0.2) is 24.3 Å². The lowest BCUT2D eigenvalue weighted by Gasteiger charge is -2.13. The summed E-state index contributed by atoms with van der Waals surface area (Å²) in [6.45, 7) is 7.57. The first-order chi connectivity index (χ1) is 11.2. The summed E-state index contributed by atoms with van der Waals surface area (Å²) in [6, 6.07) is 6.95. The molecule has 23 heavy (non-hydrogen) atoms. The molecule has 1 atom stereocenters. The number of carbonyl (C=O) groups is 1. The Kier molecular flexibility index (Phi) is 10.1. The second-order valence-corrected chi connectivity index (χ2v) is 5.80. The lowest BCUT2D eigenvalue weighted by molar-refractivity contribution is -0.249. The number of rotatable bonds is 12. The third-order valence-electron chi connectivity index (χ3n) is 3.84. The molecule has 0 amide bonds. The van der Waals surface area contributed by atoms with Crippen molar-refractivity contribution in [1.82, 2.24) is 0 Å². The molecule has 0 aliphatic carbocycles. The Labute approximate surface area is 140 Å². The van der Waals surface area contributed by atoms with E-state index in [1.54, 1.807) is 24.3 Å². The normalized spacial score (nSPS) is 12.0. The second-order valence-electron chi connectivity index (χ2n) is 5.80. The summed E-state index contributed by atoms with van der Waals surface area (Å²) < 4.78 is 5.56. The predicted molar refractivity (Wildman–Crippen MR) is 91.5 cm³/mol. The first-order valence-corrected chi connectivity index (χ1v) is 8.77. The van der Waals surface area contributed by atoms with E-state index >= 15 is 0 Å². The molecule has 0 aromatic heterocycles. The van der Waals surface area contributed by atoms with Gasteiger partial charge in [-0.25, -0.2) is 4.79 Å². The molecular formula is C19H30O4. The number of benzene rings is 1. The van der Waals surface area contributed by atoms with Crippen molar-refractivity contribution >= 4 is 5.97 Å². The first-order valence-electron chi connectivity index (χ1n) is 8.77. The van der Waals surface area contributed by atoms with Crippen molar-refractivity contribution in [3.05, 3.63) is 29.8 Å². The summed E-state index contributed by atoms with van der Waals surface area (Å²) in [5.74, 6) is 0.745. The maximum absolute atomic E-state index is 11.9. The molecule has 1 aromatic carbocycles. The molecule has 4 nitrogen and oxygen atoms in total. The van der Waals surface area contributed by atoms with Gasteiger partial charge < -0.3 is 4.74 Å². The topological polar surface area (TPSA) is 44.8 Å². The molecule has 0 spiro atoms. The molecule has 0 fully saturated rings. The molecule has 0 bridgehead atoms. The fourth-order valence-corrected chi connectivity index (χ4v) is 2.15. The molecule has 1 rings (SSSR count). The zero-order chi connectivity index (χ0) is 16.9. The van der Waals surface area contributed by atoms with Gasteiger partial charge >= 0.3 is 5.97 Å². The number of carbonyl (C=O) groups excluding carboxylic acids is 1. The van der Waals surface area contributed by atoms with Crippen LogP contribution in [0.4, 0.5) is 0 Å². The summed E-state index contributed by atoms with van der Waals surface area (Å²) in [6.07, 6.45) is 6.60. The van der Waals surface area contributed by atoms with Crippen LogP contribution in [0.3, 0.4) is 0 Å². The van der Waals surface area contributed by atoms with Gasteiger partial charge in [-0.2, -0.15) is 4.89 Å². The minimum Gasteiger partial charge on any atom is -0.494 e. The fourth-order valence-electron chi connectivity index (χ4n) is 2.15. The molecule has 1 unspecified atom stereocenters. The lowest BCUT2D eigenvalue weighted by Crippen LogP contribution is -2.13. The van der Waals surface area contributed by atoms with Gasteiger partial charge in [-0.15, -0.1) is 0 Å². The van der Waals surface area contributed by atoms with E-state index in [9.17, 15) is 4.79 Å². The van der Waals surface area contributed by atoms with Gasteiger partial charge in [-0.1, -0.05) is 46.5 Å². The molecule has 0 saturated heterocycles. The summed E-state index contributed by atoms with van der Waals surface area (Å²) in [5.41, 5.74) is 0.467. The SMILES string of the molecule is CCCCOc1ccc(C(=O)OOCC(CC)CCCC)cc1. The fraction of sp³-hybridized carbons (Fsp3) is 0.632. The van der Waals surface area contributed by atoms with E-state index in [4.69, 9.17) is 14.5 Å². The van der Waals surface area contributed by atoms with Crippen molar-refractivity contribution in [2.24, 2.45) is 5.92 Å². The van der Waals surface area contributed by atoms with Crippen LogP contribution in [0.5, 0.6) is 5.75 Å². The first kappa shape index (κ1) is 19.5. The average molecular weight is 322 g/mol. The van der Waals surface area contributed by atoms with E-state index in [-0.39, 0.29) is 0 Å². The molecule has 1 aromatic rings. The van der Waals surface area contributed by atoms with Gasteiger partial charge in [0.1, 0.15) is 5.75 Å². The van der Waals surface area contributed by atoms with E-state index in [1.807, 2.05) is 0 Å². The van der Waals surface area contributed by atoms with Gasteiger partial charge in [-0.3, -0.25) is 4.89 Å². The maximum Gasteiger partial charge on any atom is 0.373 e. The zero-order valence-electron chi connectivity index (χ0n) is 14.7. The molecule has 0 radical (unpaired) electrons. The van der Waals surface area contributed by atoms with Crippen molar-refractivity contribution in [3.8, 4) is 5.75 Å². The maximum atomic E-state index is 11.9. The molecular weight excluding hydrogens is 292 g/mol. The minimum absolute atomic E-state index is 0.442. The largest absolute Gasteiger partial charge is 0.494 e. The van der Waals surface area contributed by atoms with E-state index in [0.717, 1.165) is 31.4 Å². The highest BCUT2D eigenvalue weighted by molar-refractivity contribution is 5.89. The number of hydrogen-bond donors (Lipinski definition) is 0. The Morgan fingerprint density at radius 3 is 2.35 bits per heavy atom. The Hall–Kier alpha value is -1.55. The van der Waals surface area contributed by atoms with Gasteiger partial charge in [0.05, 0.1) is 18.8 Å². The highest BCUT2D eigenvalue weighted by atomic mass is 17.2. The Morgan fingerprint density at radius 2 is 1.74 bits per heavy atom. The van der Waals surface area contributed by atoms with Crippen LogP contribution in [0.2, 0.25) is 0 Å². The Morgan fingerprint density at radius 1 is 1.04 bits per heavy atom. The molecule has 130 valence electrons. The standard InChI is InChI=1S/C19H30O4/c1-4-7-9-16(6-3)15-22-23-19(20)17-10-12-18(13-11-17)21-14-8-5-2/h10-13,16H,4-9,14-15H2,1-3H3. The third-order valence-corrected chi connectivity index (χ3v) is 3.84. The van der Waals surface area contributed by atoms with Gasteiger partial charge in [0.2, 0.25) is 0 Å². The monoisotopic (exact) mass is 322 g/mol. The van der Waals surface area contributed by atoms with Crippen LogP contribution >= 0.6 is 0 Å². The van der Waals surface area contributed by atoms with Gasteiger partial charge in [0.25, 0.3) is 0 Å². The second kappa shape index (κ2) is 11.9. The molecule has 0 aliphatic heterocycles. The number of hydrogen-bond acceptors (Lipinski definition) is 4. The number of ether oxygens (including phenoxy) is 1. The van der Waals surface area contributed by atoms with Crippen LogP contribution in [0, 0.1) is 5.92 Å². The molecule has 4 heteroatoms. The summed E-state index contributed by atoms with van der Waals surface area (Å²) in [4.78, 5) is 21.9. The number of unbranched alkanes of at least 4 members (excludes halogenated alkanes) is 2. The summed E-state index contributed by atoms with van der Waals surface area (Å²) >= 11 is 0. The van der Waals surface area contributed by atoms with Crippen molar-refractivity contribution in [2.45, 2.75) is 59.3 Å². The van der Waals surface area contributed by atoms with E-state index < -0.39 is 5.97 Å². The van der Waals surface area contributed by atoms with E-state index in [0.29, 0.717) is 24.7 Å². The van der Waals surface area contributed by atoms with Crippen LogP contribution in [-0.4, -0.2) is 19.2 Å². The predicted octanol–water partition coefficient (Wildman–Crippen LogP) is 5.17. The van der Waals surface area contributed by atoms with Crippen LogP contribution in [0.1, 0.15) is 69.7 Å². The highest BCUT2D eigenvalue weighted by Crippen LogP contribution is 2.15. The van der Waals surface area contributed by atoms with Crippen LogP contribution in [-0.2, 0) is 9.78 Å². The van der Waals surface area contributed by atoms with Crippen LogP contribution in [0.25, 0.3) is 0 Å². The molecule has 0 N–H and O–H groups in total. The lowest BCUT2D eigenvalue weighted by atomic mass is 10.0. The smallest absolute Gasteiger partial charge is 0.373 e. The van der Waals surface area contributed by atoms with E-state index in [2.05, 4.69) is 20.8 Å². The quantitative estimate of drug-likeness (QED) is 0.302. The Balaban J connectivity index is 2.33. The zero-order valence-corrected chi connectivity index (χ0v) is 14.7. The van der Waals surface area contributed by atoms with Gasteiger partial charge in [0.15, 0.2) is 0 Å². The van der Waals surface area contributed by atoms with Crippen molar-refractivity contribution in [3.63, 3.8) is 0 Å². The van der Waals surface area contributed by atoms with Gasteiger partial charge in [-0.05, 0) is 43.0 Å². The van der Waals surface area contributed by atoms with Crippen LogP contribution < -0.4 is 4.74 Å². The molecule has 0 aliphatic rings. The highest BCUT2D eigenvalue weighted by Gasteiger charge is 2.11. The molecule has 0 heterocycles. The Bertz CT molecular complexity index is 428. The third kappa shape index (κ3) is 8.03.